The maximum atomic E-state index is 13.7. The van der Waals surface area contributed by atoms with Gasteiger partial charge in [0.05, 0.1) is 45.7 Å². The van der Waals surface area contributed by atoms with E-state index in [0.29, 0.717) is 117 Å². The molecule has 0 radical (unpaired) electrons. The number of nitrogens with zero attached hydrogens (tertiary/aromatic N) is 4. The van der Waals surface area contributed by atoms with Crippen molar-refractivity contribution >= 4 is 90.9 Å². The third-order valence-corrected chi connectivity index (χ3v) is 18.5. The van der Waals surface area contributed by atoms with Gasteiger partial charge in [0.15, 0.2) is 0 Å². The van der Waals surface area contributed by atoms with Gasteiger partial charge in [-0.3, -0.25) is 0 Å². The van der Waals surface area contributed by atoms with E-state index in [4.69, 9.17) is 17.5 Å². The zero-order valence-electron chi connectivity index (χ0n) is 38.8. The lowest BCUT2D eigenvalue weighted by atomic mass is 9.88. The number of benzene rings is 6. The Balaban J connectivity index is 1.10. The van der Waals surface area contributed by atoms with Crippen LogP contribution in [-0.2, 0) is 24.7 Å². The van der Waals surface area contributed by atoms with E-state index >= 15 is 0 Å². The normalized spacial score (nSPS) is 12.6. The van der Waals surface area contributed by atoms with Crippen LogP contribution in [0.1, 0.15) is 22.3 Å². The van der Waals surface area contributed by atoms with Crippen LogP contribution in [0.2, 0.25) is 0 Å². The molecule has 4 nitrogen and oxygen atoms in total. The number of hydrogen-bond donors (Lipinski definition) is 0. The summed E-state index contributed by atoms with van der Waals surface area (Å²) in [6, 6.07) is 37.7. The molecule has 390 valence electrons. The zero-order chi connectivity index (χ0) is 54.5. The van der Waals surface area contributed by atoms with Gasteiger partial charge in [0.2, 0.25) is 0 Å². The Morgan fingerprint density at radius 3 is 0.744 bits per heavy atom. The van der Waals surface area contributed by atoms with Crippen LogP contribution in [0.15, 0.2) is 158 Å². The van der Waals surface area contributed by atoms with Gasteiger partial charge in [0, 0.05) is 61.3 Å². The van der Waals surface area contributed by atoms with Crippen molar-refractivity contribution in [3.05, 3.63) is 180 Å². The lowest BCUT2D eigenvalue weighted by Gasteiger charge is -2.17. The van der Waals surface area contributed by atoms with Crippen LogP contribution in [0.4, 0.5) is 52.7 Å². The molecule has 0 spiro atoms. The Bertz CT molecular complexity index is 3920. The molecule has 12 aromatic rings. The highest BCUT2D eigenvalue weighted by atomic mass is 32.1. The SMILES string of the molecule is FC(F)(F)c1ccc(-c2ccc(-c3cc(-c4cc(-c5ccc(-c6ccc(C(F)(F)F)cc6)s5)c5nsnc5c4-c4ccc(-c5ccc(C(F)(F)F)cc5)s4)c(-c4ccc(-c5ccc(C(F)(F)F)cc5)s4)c4nsnc34)s2)cc1. The van der Waals surface area contributed by atoms with Crippen LogP contribution in [0.3, 0.4) is 0 Å². The predicted molar refractivity (Wildman–Crippen MR) is 289 cm³/mol. The van der Waals surface area contributed by atoms with E-state index < -0.39 is 47.0 Å². The first-order chi connectivity index (χ1) is 37.2. The molecule has 22 heteroatoms. The van der Waals surface area contributed by atoms with Crippen molar-refractivity contribution in [2.45, 2.75) is 24.7 Å². The summed E-state index contributed by atoms with van der Waals surface area (Å²) >= 11 is 7.14. The third kappa shape index (κ3) is 9.71. The first-order valence-electron chi connectivity index (χ1n) is 22.9. The fraction of sp³-hybridized carbons (Fsp3) is 0.0714. The second-order valence-electron chi connectivity index (χ2n) is 17.6. The minimum Gasteiger partial charge on any atom is -0.172 e. The summed E-state index contributed by atoms with van der Waals surface area (Å²) in [5, 5.41) is 0. The number of halogens is 12. The van der Waals surface area contributed by atoms with Crippen molar-refractivity contribution in [3.63, 3.8) is 0 Å². The second-order valence-corrected chi connectivity index (χ2v) is 23.0. The smallest absolute Gasteiger partial charge is 0.172 e. The van der Waals surface area contributed by atoms with Crippen molar-refractivity contribution in [3.8, 4) is 94.7 Å². The van der Waals surface area contributed by atoms with Gasteiger partial charge >= 0.3 is 24.7 Å². The quantitative estimate of drug-likeness (QED) is 0.135. The van der Waals surface area contributed by atoms with Crippen LogP contribution >= 0.6 is 68.8 Å². The van der Waals surface area contributed by atoms with E-state index in [0.717, 1.165) is 72.0 Å². The van der Waals surface area contributed by atoms with Crippen LogP contribution < -0.4 is 0 Å². The maximum absolute atomic E-state index is 13.7. The summed E-state index contributed by atoms with van der Waals surface area (Å²) in [7, 11) is 0. The van der Waals surface area contributed by atoms with Crippen LogP contribution in [0.5, 0.6) is 0 Å². The molecule has 6 aromatic carbocycles. The number of aromatic nitrogens is 4. The highest BCUT2D eigenvalue weighted by molar-refractivity contribution is 7.20. The monoisotopic (exact) mass is 1170 g/mol. The molecule has 0 unspecified atom stereocenters. The van der Waals surface area contributed by atoms with E-state index in [9.17, 15) is 52.7 Å². The van der Waals surface area contributed by atoms with Gasteiger partial charge in [0.1, 0.15) is 22.1 Å². The Morgan fingerprint density at radius 2 is 0.474 bits per heavy atom. The number of fused-ring (bicyclic) bond motifs is 2. The van der Waals surface area contributed by atoms with Gasteiger partial charge in [-0.2, -0.15) is 70.2 Å². The number of hydrogen-bond acceptors (Lipinski definition) is 10. The molecule has 0 saturated heterocycles. The fourth-order valence-electron chi connectivity index (χ4n) is 9.01. The number of rotatable bonds is 9. The summed E-state index contributed by atoms with van der Waals surface area (Å²) in [6.45, 7) is 0. The molecule has 0 saturated carbocycles. The van der Waals surface area contributed by atoms with E-state index in [1.54, 1.807) is 24.3 Å². The Hall–Kier alpha value is -7.08. The summed E-state index contributed by atoms with van der Waals surface area (Å²) < 4.78 is 183. The Morgan fingerprint density at radius 1 is 0.244 bits per heavy atom. The minimum absolute atomic E-state index is 0.458. The molecule has 0 amide bonds. The molecular formula is C56H26F12N4S6. The van der Waals surface area contributed by atoms with Crippen LogP contribution in [-0.4, -0.2) is 17.5 Å². The first kappa shape index (κ1) is 51.7. The third-order valence-electron chi connectivity index (χ3n) is 12.8. The van der Waals surface area contributed by atoms with Crippen molar-refractivity contribution in [1.82, 2.24) is 17.5 Å². The standard InChI is InChI=1S/C56H26F12N4S6/c57-53(58,59)31-9-1-27(2-10-31)39-17-21-43(73-39)37-25-35(47(51-49(37)69-77-71-51)45-23-19-41(75-45)29-5-13-33(14-6-29)55(63,64)65)36-26-38(44-22-18-40(74-44)28-3-11-32(12-4-28)54(60,61)62)50-52(72-78-70-50)48(36)46-24-20-42(76-46)30-7-15-34(16-8-30)56(66,67)68/h1-26H. The van der Waals surface area contributed by atoms with E-state index in [-0.39, 0.29) is 0 Å². The molecule has 0 aliphatic carbocycles. The van der Waals surface area contributed by atoms with Crippen molar-refractivity contribution in [2.24, 2.45) is 0 Å². The van der Waals surface area contributed by atoms with Gasteiger partial charge in [0.25, 0.3) is 0 Å². The van der Waals surface area contributed by atoms with Crippen molar-refractivity contribution in [2.75, 3.05) is 0 Å². The van der Waals surface area contributed by atoms with Gasteiger partial charge in [-0.25, -0.2) is 0 Å². The Labute approximate surface area is 457 Å². The highest BCUT2D eigenvalue weighted by Crippen LogP contribution is 2.54. The maximum Gasteiger partial charge on any atom is 0.416 e. The van der Waals surface area contributed by atoms with Gasteiger partial charge < -0.3 is 0 Å². The molecule has 0 aliphatic heterocycles. The van der Waals surface area contributed by atoms with Crippen molar-refractivity contribution < 1.29 is 52.7 Å². The second kappa shape index (κ2) is 19.4. The number of alkyl halides is 12. The summed E-state index contributed by atoms with van der Waals surface area (Å²) in [6.07, 6.45) is -18.2. The van der Waals surface area contributed by atoms with Gasteiger partial charge in [-0.15, -0.1) is 45.3 Å². The summed E-state index contributed by atoms with van der Waals surface area (Å²) in [4.78, 5) is 5.28. The predicted octanol–water partition coefficient (Wildman–Crippen LogP) is 21.0. The largest absolute Gasteiger partial charge is 0.416 e. The lowest BCUT2D eigenvalue weighted by Crippen LogP contribution is -2.03. The van der Waals surface area contributed by atoms with E-state index in [1.807, 2.05) is 36.4 Å². The van der Waals surface area contributed by atoms with Crippen molar-refractivity contribution in [1.29, 1.82) is 0 Å². The average Bonchev–Trinajstić information content (AvgIpc) is 4.46. The first-order valence-corrected chi connectivity index (χ1v) is 27.6. The molecular weight excluding hydrogens is 1150 g/mol. The molecule has 6 heterocycles. The molecule has 0 bridgehead atoms. The van der Waals surface area contributed by atoms with E-state index in [2.05, 4.69) is 0 Å². The fourth-order valence-corrected chi connectivity index (χ4v) is 14.3. The molecule has 0 N–H and O–H groups in total. The topological polar surface area (TPSA) is 51.6 Å². The molecule has 0 fully saturated rings. The average molecular weight is 1180 g/mol. The lowest BCUT2D eigenvalue weighted by molar-refractivity contribution is -0.138. The molecule has 78 heavy (non-hydrogen) atoms. The molecule has 0 atom stereocenters. The molecule has 0 aliphatic rings. The highest BCUT2D eigenvalue weighted by Gasteiger charge is 2.34. The van der Waals surface area contributed by atoms with E-state index in [1.165, 1.54) is 93.9 Å². The van der Waals surface area contributed by atoms with Crippen LogP contribution in [0, 0.1) is 0 Å². The molecule has 12 rings (SSSR count). The van der Waals surface area contributed by atoms with Gasteiger partial charge in [-0.1, -0.05) is 48.5 Å². The zero-order valence-corrected chi connectivity index (χ0v) is 43.7. The Kier molecular flexibility index (Phi) is 12.8. The minimum atomic E-state index is -4.56. The summed E-state index contributed by atoms with van der Waals surface area (Å²) in [5.74, 6) is 0. The molecule has 6 aromatic heterocycles. The van der Waals surface area contributed by atoms with Crippen LogP contribution in [0.25, 0.3) is 117 Å². The van der Waals surface area contributed by atoms with Gasteiger partial charge in [-0.05, 0) is 143 Å². The summed E-state index contributed by atoms with van der Waals surface area (Å²) in [5.41, 5.74) is 4.39. The number of thiophene rings is 4.